The molecule has 0 atom stereocenters. The second-order valence-electron chi connectivity index (χ2n) is 15.3. The van der Waals surface area contributed by atoms with E-state index in [0.29, 0.717) is 17.5 Å². The lowest BCUT2D eigenvalue weighted by Crippen LogP contribution is -2.49. The topological polar surface area (TPSA) is 41.9 Å². The van der Waals surface area contributed by atoms with E-state index in [9.17, 15) is 0 Å². The van der Waals surface area contributed by atoms with Gasteiger partial charge in [-0.05, 0) is 104 Å². The first kappa shape index (κ1) is 35.3. The van der Waals surface area contributed by atoms with Gasteiger partial charge >= 0.3 is 6.85 Å². The van der Waals surface area contributed by atoms with Gasteiger partial charge in [-0.3, -0.25) is 0 Å². The Bertz CT molecular complexity index is 3030. The van der Waals surface area contributed by atoms with E-state index in [2.05, 4.69) is 205 Å². The molecule has 1 aromatic heterocycles. The van der Waals surface area contributed by atoms with Crippen LogP contribution in [0.1, 0.15) is 5.82 Å². The number of aromatic nitrogens is 3. The fourth-order valence-corrected chi connectivity index (χ4v) is 8.54. The molecule has 0 aliphatic carbocycles. The van der Waals surface area contributed by atoms with E-state index in [1.54, 1.807) is 0 Å². The fraction of sp³-hybridized carbons (Fsp3) is 0. The van der Waals surface area contributed by atoms with Crippen LogP contribution >= 0.6 is 0 Å². The van der Waals surface area contributed by atoms with E-state index in [0.717, 1.165) is 33.5 Å². The summed E-state index contributed by atoms with van der Waals surface area (Å²) in [6, 6.07) is 73.0. The summed E-state index contributed by atoms with van der Waals surface area (Å²) < 4.78 is 0. The first-order chi connectivity index (χ1) is 29.7. The van der Waals surface area contributed by atoms with Crippen molar-refractivity contribution in [1.29, 1.82) is 0 Å². The number of allylic oxidation sites excluding steroid dienone is 2. The van der Waals surface area contributed by atoms with Gasteiger partial charge in [0.15, 0.2) is 17.5 Å². The van der Waals surface area contributed by atoms with Gasteiger partial charge in [0.25, 0.3) is 0 Å². The molecule has 280 valence electrons. The van der Waals surface area contributed by atoms with Crippen molar-refractivity contribution >= 4 is 23.6 Å². The minimum absolute atomic E-state index is 0.0487. The summed E-state index contributed by atoms with van der Waals surface area (Å²) in [6.45, 7) is -0.0487. The lowest BCUT2D eigenvalue weighted by Gasteiger charge is -2.37. The van der Waals surface area contributed by atoms with Crippen molar-refractivity contribution in [3.05, 3.63) is 230 Å². The van der Waals surface area contributed by atoms with Gasteiger partial charge in [-0.15, -0.1) is 0 Å². The van der Waals surface area contributed by atoms with Crippen molar-refractivity contribution in [3.63, 3.8) is 0 Å². The highest BCUT2D eigenvalue weighted by molar-refractivity contribution is 6.84. The highest BCUT2D eigenvalue weighted by atomic mass is 15.1. The molecule has 3 heterocycles. The number of anilines is 1. The molecule has 0 unspecified atom stereocenters. The van der Waals surface area contributed by atoms with E-state index in [1.807, 2.05) is 24.3 Å². The molecule has 0 radical (unpaired) electrons. The van der Waals surface area contributed by atoms with E-state index in [1.165, 1.54) is 50.0 Å². The van der Waals surface area contributed by atoms with Crippen molar-refractivity contribution < 1.29 is 0 Å². The largest absolute Gasteiger partial charge is 0.383 e. The van der Waals surface area contributed by atoms with Crippen LogP contribution in [0, 0.1) is 0 Å². The Balaban J connectivity index is 0.998. The van der Waals surface area contributed by atoms with E-state index >= 15 is 0 Å². The van der Waals surface area contributed by atoms with Gasteiger partial charge in [-0.25, -0.2) is 15.0 Å². The highest BCUT2D eigenvalue weighted by Gasteiger charge is 2.35. The van der Waals surface area contributed by atoms with Gasteiger partial charge in [-0.2, -0.15) is 0 Å². The Morgan fingerprint density at radius 2 is 0.800 bits per heavy atom. The lowest BCUT2D eigenvalue weighted by atomic mass is 9.49. The lowest BCUT2D eigenvalue weighted by molar-refractivity contribution is 1.04. The fourth-order valence-electron chi connectivity index (χ4n) is 8.54. The minimum atomic E-state index is -0.0487. The molecule has 5 heteroatoms. The van der Waals surface area contributed by atoms with Crippen molar-refractivity contribution in [3.8, 4) is 78.4 Å². The van der Waals surface area contributed by atoms with Crippen molar-refractivity contribution in [2.75, 3.05) is 4.81 Å². The van der Waals surface area contributed by atoms with Crippen LogP contribution in [0.2, 0.25) is 0 Å². The van der Waals surface area contributed by atoms with Crippen LogP contribution in [0.3, 0.4) is 0 Å². The number of hydrogen-bond donors (Lipinski definition) is 0. The molecular weight excluding hydrogens is 727 g/mol. The molecule has 4 nitrogen and oxygen atoms in total. The zero-order valence-corrected chi connectivity index (χ0v) is 32.7. The zero-order chi connectivity index (χ0) is 39.8. The van der Waals surface area contributed by atoms with Crippen LogP contribution in [0.25, 0.3) is 84.0 Å². The summed E-state index contributed by atoms with van der Waals surface area (Å²) in [5.74, 6) is 4.23. The van der Waals surface area contributed by atoms with Gasteiger partial charge in [0, 0.05) is 28.0 Å². The summed E-state index contributed by atoms with van der Waals surface area (Å²) in [5.41, 5.74) is 17.1. The van der Waals surface area contributed by atoms with Crippen molar-refractivity contribution in [2.24, 2.45) is 0 Å². The maximum Gasteiger partial charge on any atom is 0.321 e. The molecule has 0 saturated carbocycles. The van der Waals surface area contributed by atoms with E-state index < -0.39 is 0 Å². The van der Waals surface area contributed by atoms with E-state index in [4.69, 9.17) is 15.0 Å². The van der Waals surface area contributed by atoms with Gasteiger partial charge < -0.3 is 4.81 Å². The van der Waals surface area contributed by atoms with Crippen molar-refractivity contribution in [1.82, 2.24) is 15.0 Å². The molecular formula is C55H37BN4. The molecule has 8 aromatic carbocycles. The predicted molar refractivity (Wildman–Crippen MR) is 249 cm³/mol. The summed E-state index contributed by atoms with van der Waals surface area (Å²) in [6.07, 6.45) is 4.34. The Labute approximate surface area is 350 Å². The molecule has 0 amide bonds. The van der Waals surface area contributed by atoms with E-state index in [-0.39, 0.29) is 6.85 Å². The molecule has 2 aliphatic heterocycles. The Kier molecular flexibility index (Phi) is 8.90. The summed E-state index contributed by atoms with van der Waals surface area (Å²) >= 11 is 0. The van der Waals surface area contributed by atoms with Gasteiger partial charge in [0.1, 0.15) is 0 Å². The second-order valence-corrected chi connectivity index (χ2v) is 15.3. The number of hydrogen-bond acceptors (Lipinski definition) is 4. The van der Waals surface area contributed by atoms with Crippen LogP contribution in [-0.4, -0.2) is 21.8 Å². The molecule has 60 heavy (non-hydrogen) atoms. The quantitative estimate of drug-likeness (QED) is 0.152. The van der Waals surface area contributed by atoms with Crippen LogP contribution in [0.5, 0.6) is 0 Å². The van der Waals surface area contributed by atoms with Crippen LogP contribution in [0.4, 0.5) is 5.69 Å². The third-order valence-electron chi connectivity index (χ3n) is 11.5. The maximum absolute atomic E-state index is 5.17. The molecule has 0 bridgehead atoms. The SMILES string of the molecule is C1=CN2B(C=C1c1nc(-c3ccccc3)nc(-c3cccc(-c4ccccc4)c3)n1)c1ccccc1-c1cc(-c3cc(-c4ccccc4)cc(-c4ccccc4)c3)ccc12. The summed E-state index contributed by atoms with van der Waals surface area (Å²) in [4.78, 5) is 17.7. The normalized spacial score (nSPS) is 12.6. The van der Waals surface area contributed by atoms with Crippen LogP contribution < -0.4 is 10.3 Å². The Hall–Kier alpha value is -7.89. The molecule has 0 fully saturated rings. The molecule has 0 spiro atoms. The smallest absolute Gasteiger partial charge is 0.321 e. The van der Waals surface area contributed by atoms with Crippen molar-refractivity contribution in [2.45, 2.75) is 0 Å². The minimum Gasteiger partial charge on any atom is -0.383 e. The standard InChI is InChI=1S/C55H37BN4/c1-5-16-38(17-6-1)42-24-15-25-44(32-42)54-57-53(41-22-11-4-12-23-41)58-55(59-54)45-30-31-60-52-29-28-43(36-50(52)49-26-13-14-27-51(49)56(60)37-45)48-34-46(39-18-7-2-8-19-39)33-47(35-48)40-20-9-3-10-21-40/h1-37H. The third kappa shape index (κ3) is 6.62. The predicted octanol–water partition coefficient (Wildman–Crippen LogP) is 12.7. The number of nitrogens with zero attached hydrogens (tertiary/aromatic N) is 4. The maximum atomic E-state index is 5.17. The zero-order valence-electron chi connectivity index (χ0n) is 32.7. The van der Waals surface area contributed by atoms with Gasteiger partial charge in [0.2, 0.25) is 0 Å². The summed E-state index contributed by atoms with van der Waals surface area (Å²) in [7, 11) is 0. The van der Waals surface area contributed by atoms with Crippen LogP contribution in [-0.2, 0) is 0 Å². The highest BCUT2D eigenvalue weighted by Crippen LogP contribution is 2.42. The number of benzene rings is 8. The number of fused-ring (bicyclic) bond motifs is 6. The van der Waals surface area contributed by atoms with Crippen LogP contribution in [0.15, 0.2) is 225 Å². The molecule has 0 N–H and O–H groups in total. The molecule has 11 rings (SSSR count). The second kappa shape index (κ2) is 15.1. The number of rotatable bonds is 7. The van der Waals surface area contributed by atoms with Gasteiger partial charge in [0.05, 0.1) is 0 Å². The average Bonchev–Trinajstić information content (AvgIpc) is 3.34. The first-order valence-corrected chi connectivity index (χ1v) is 20.4. The molecule has 2 aliphatic rings. The average molecular weight is 765 g/mol. The third-order valence-corrected chi connectivity index (χ3v) is 11.5. The Morgan fingerprint density at radius 1 is 0.333 bits per heavy atom. The molecule has 0 saturated heterocycles. The molecule has 9 aromatic rings. The summed E-state index contributed by atoms with van der Waals surface area (Å²) in [5, 5.41) is 0. The first-order valence-electron chi connectivity index (χ1n) is 20.4. The Morgan fingerprint density at radius 3 is 1.45 bits per heavy atom. The monoisotopic (exact) mass is 764 g/mol. The van der Waals surface area contributed by atoms with Gasteiger partial charge in [-0.1, -0.05) is 176 Å².